The van der Waals surface area contributed by atoms with E-state index >= 15 is 0 Å². The number of benzene rings is 2. The molecule has 2 aromatic rings. The van der Waals surface area contributed by atoms with Crippen LogP contribution in [0.15, 0.2) is 60.7 Å². The molecule has 6 nitrogen and oxygen atoms in total. The lowest BCUT2D eigenvalue weighted by atomic mass is 9.92. The van der Waals surface area contributed by atoms with Crippen molar-refractivity contribution in [1.29, 1.82) is 0 Å². The zero-order chi connectivity index (χ0) is 26.0. The van der Waals surface area contributed by atoms with E-state index in [1.807, 2.05) is 18.2 Å². The van der Waals surface area contributed by atoms with Crippen molar-refractivity contribution in [3.63, 3.8) is 0 Å². The summed E-state index contributed by atoms with van der Waals surface area (Å²) < 4.78 is 11.7. The fraction of sp³-hybridized carbons (Fsp3) is 0.516. The van der Waals surface area contributed by atoms with E-state index in [9.17, 15) is 9.90 Å². The molecule has 1 aliphatic carbocycles. The van der Waals surface area contributed by atoms with Crippen molar-refractivity contribution in [2.75, 3.05) is 20.2 Å². The van der Waals surface area contributed by atoms with Gasteiger partial charge in [0.25, 0.3) is 0 Å². The Bertz CT molecular complexity index is 997. The van der Waals surface area contributed by atoms with Gasteiger partial charge in [0, 0.05) is 24.8 Å². The van der Waals surface area contributed by atoms with Crippen molar-refractivity contribution in [2.45, 2.75) is 76.2 Å². The Labute approximate surface area is 220 Å². The first-order valence-corrected chi connectivity index (χ1v) is 13.7. The van der Waals surface area contributed by atoms with Gasteiger partial charge in [-0.05, 0) is 74.0 Å². The third-order valence-electron chi connectivity index (χ3n) is 7.80. The van der Waals surface area contributed by atoms with Gasteiger partial charge in [0.05, 0.1) is 25.9 Å². The molecule has 1 saturated carbocycles. The molecule has 1 aliphatic heterocycles. The number of aliphatic hydroxyl groups excluding tert-OH is 1. The van der Waals surface area contributed by atoms with Crippen molar-refractivity contribution >= 4 is 5.97 Å². The molecular formula is C31H41NO5. The zero-order valence-electron chi connectivity index (χ0n) is 21.9. The fourth-order valence-corrected chi connectivity index (χ4v) is 5.85. The van der Waals surface area contributed by atoms with Crippen LogP contribution in [0.5, 0.6) is 5.75 Å². The molecule has 2 aromatic carbocycles. The number of nitrogens with zero attached hydrogens (tertiary/aromatic N) is 1. The van der Waals surface area contributed by atoms with Crippen LogP contribution in [0.25, 0.3) is 11.1 Å². The Morgan fingerprint density at radius 2 is 1.62 bits per heavy atom. The van der Waals surface area contributed by atoms with E-state index in [1.165, 1.54) is 19.3 Å². The first kappa shape index (κ1) is 27.4. The average molecular weight is 508 g/mol. The second kappa shape index (κ2) is 13.8. The topological polar surface area (TPSA) is 79.2 Å². The van der Waals surface area contributed by atoms with E-state index < -0.39 is 5.97 Å². The molecule has 0 unspecified atom stereocenters. The van der Waals surface area contributed by atoms with Crippen LogP contribution in [0.4, 0.5) is 0 Å². The highest BCUT2D eigenvalue weighted by molar-refractivity contribution is 5.66. The van der Waals surface area contributed by atoms with E-state index in [-0.39, 0.29) is 30.6 Å². The minimum atomic E-state index is -0.765. The lowest BCUT2D eigenvalue weighted by Crippen LogP contribution is -2.47. The van der Waals surface area contributed by atoms with Gasteiger partial charge >= 0.3 is 5.97 Å². The fourth-order valence-electron chi connectivity index (χ4n) is 5.85. The first-order chi connectivity index (χ1) is 18.0. The largest absolute Gasteiger partial charge is 0.497 e. The van der Waals surface area contributed by atoms with Crippen LogP contribution in [-0.4, -0.2) is 59.5 Å². The van der Waals surface area contributed by atoms with Crippen molar-refractivity contribution in [1.82, 2.24) is 4.90 Å². The highest BCUT2D eigenvalue weighted by Crippen LogP contribution is 2.38. The molecule has 0 radical (unpaired) electrons. The minimum Gasteiger partial charge on any atom is -0.497 e. The molecular weight excluding hydrogens is 466 g/mol. The summed E-state index contributed by atoms with van der Waals surface area (Å²) in [5, 5.41) is 19.9. The summed E-state index contributed by atoms with van der Waals surface area (Å²) in [6.07, 6.45) is 10.5. The van der Waals surface area contributed by atoms with Crippen LogP contribution in [0.1, 0.15) is 56.9 Å². The molecule has 37 heavy (non-hydrogen) atoms. The highest BCUT2D eigenvalue weighted by Gasteiger charge is 2.45. The Kier molecular flexibility index (Phi) is 10.2. The first-order valence-electron chi connectivity index (χ1n) is 13.7. The molecule has 0 amide bonds. The summed E-state index contributed by atoms with van der Waals surface area (Å²) in [6.45, 7) is 2.62. The molecule has 0 spiro atoms. The van der Waals surface area contributed by atoms with Crippen LogP contribution in [0.2, 0.25) is 0 Å². The van der Waals surface area contributed by atoms with Crippen LogP contribution in [-0.2, 0) is 16.1 Å². The number of ether oxygens (including phenoxy) is 2. The van der Waals surface area contributed by atoms with Crippen molar-refractivity contribution in [3.8, 4) is 16.9 Å². The smallest absolute Gasteiger partial charge is 0.303 e. The van der Waals surface area contributed by atoms with Crippen LogP contribution in [0.3, 0.4) is 0 Å². The summed E-state index contributed by atoms with van der Waals surface area (Å²) in [4.78, 5) is 13.2. The Balaban J connectivity index is 1.37. The van der Waals surface area contributed by atoms with E-state index in [0.717, 1.165) is 48.4 Å². The Morgan fingerprint density at radius 1 is 0.973 bits per heavy atom. The van der Waals surface area contributed by atoms with Gasteiger partial charge in [-0.3, -0.25) is 9.69 Å². The molecule has 200 valence electrons. The molecule has 0 aromatic heterocycles. The quantitative estimate of drug-likeness (QED) is 0.360. The number of aliphatic hydroxyl groups is 1. The SMILES string of the molecule is COc1ccc(-c2ccc(CO[C@H]3C[C@@H](O)[C@H](N4CCCCC4)[C@H]3CC/C=C\CCC(=O)O)cc2)cc1. The number of carbonyl (C=O) groups is 1. The number of piperidine rings is 1. The van der Waals surface area contributed by atoms with E-state index in [0.29, 0.717) is 19.4 Å². The number of allylic oxidation sites excluding steroid dienone is 2. The summed E-state index contributed by atoms with van der Waals surface area (Å²) in [6, 6.07) is 16.7. The van der Waals surface area contributed by atoms with Crippen molar-refractivity contribution in [2.24, 2.45) is 5.92 Å². The Hall–Kier alpha value is -2.67. The van der Waals surface area contributed by atoms with Crippen molar-refractivity contribution < 1.29 is 24.5 Å². The molecule has 2 aliphatic rings. The zero-order valence-corrected chi connectivity index (χ0v) is 21.9. The number of carboxylic acids is 1. The van der Waals surface area contributed by atoms with Gasteiger partial charge in [-0.2, -0.15) is 0 Å². The lowest BCUT2D eigenvalue weighted by molar-refractivity contribution is -0.136. The second-order valence-electron chi connectivity index (χ2n) is 10.3. The van der Waals surface area contributed by atoms with E-state index in [4.69, 9.17) is 14.6 Å². The van der Waals surface area contributed by atoms with Crippen LogP contribution in [0, 0.1) is 5.92 Å². The van der Waals surface area contributed by atoms with Crippen LogP contribution < -0.4 is 4.74 Å². The van der Waals surface area contributed by atoms with E-state index in [1.54, 1.807) is 7.11 Å². The summed E-state index contributed by atoms with van der Waals surface area (Å²) >= 11 is 0. The van der Waals surface area contributed by atoms with Crippen LogP contribution >= 0.6 is 0 Å². The molecule has 4 rings (SSSR count). The third-order valence-corrected chi connectivity index (χ3v) is 7.80. The number of hydrogen-bond acceptors (Lipinski definition) is 5. The standard InChI is InChI=1S/C31H41NO5/c1-36-26-17-15-25(16-18-26)24-13-11-23(12-14-24)22-37-29-21-28(33)31(32-19-7-4-8-20-32)27(29)9-5-2-3-6-10-30(34)35/h2-3,11-18,27-29,31,33H,4-10,19-22H2,1H3,(H,34,35)/b3-2-/t27-,28+,29-,31+/m0/s1. The molecule has 6 heteroatoms. The average Bonchev–Trinajstić information content (AvgIpc) is 3.24. The van der Waals surface area contributed by atoms with Crippen molar-refractivity contribution in [3.05, 3.63) is 66.2 Å². The lowest BCUT2D eigenvalue weighted by Gasteiger charge is -2.38. The maximum absolute atomic E-state index is 11.1. The highest BCUT2D eigenvalue weighted by atomic mass is 16.5. The molecule has 2 fully saturated rings. The Morgan fingerprint density at radius 3 is 2.27 bits per heavy atom. The van der Waals surface area contributed by atoms with Gasteiger partial charge in [0.2, 0.25) is 0 Å². The number of rotatable bonds is 12. The summed E-state index contributed by atoms with van der Waals surface area (Å²) in [5.41, 5.74) is 3.42. The second-order valence-corrected chi connectivity index (χ2v) is 10.3. The predicted octanol–water partition coefficient (Wildman–Crippen LogP) is 5.68. The van der Waals surface area contributed by atoms with Gasteiger partial charge < -0.3 is 19.7 Å². The number of carboxylic acid groups (broad SMARTS) is 1. The number of aliphatic carboxylic acids is 1. The molecule has 2 N–H and O–H groups in total. The molecule has 4 atom stereocenters. The maximum atomic E-state index is 11.1. The van der Waals surface area contributed by atoms with Gasteiger partial charge in [0.15, 0.2) is 0 Å². The van der Waals surface area contributed by atoms with E-state index in [2.05, 4.69) is 47.4 Å². The van der Waals surface area contributed by atoms with Gasteiger partial charge in [-0.25, -0.2) is 0 Å². The van der Waals surface area contributed by atoms with Gasteiger partial charge in [-0.15, -0.1) is 0 Å². The maximum Gasteiger partial charge on any atom is 0.303 e. The molecule has 0 bridgehead atoms. The third kappa shape index (κ3) is 7.67. The normalized spacial score (nSPS) is 24.5. The van der Waals surface area contributed by atoms with Gasteiger partial charge in [0.1, 0.15) is 5.75 Å². The minimum absolute atomic E-state index is 0.00982. The number of likely N-dealkylation sites (tertiary alicyclic amines) is 1. The monoisotopic (exact) mass is 507 g/mol. The number of methoxy groups -OCH3 is 1. The molecule has 1 heterocycles. The van der Waals surface area contributed by atoms with Gasteiger partial charge in [-0.1, -0.05) is 55.0 Å². The number of hydrogen-bond donors (Lipinski definition) is 2. The molecule has 1 saturated heterocycles. The summed E-state index contributed by atoms with van der Waals surface area (Å²) in [7, 11) is 1.67. The summed E-state index contributed by atoms with van der Waals surface area (Å²) in [5.74, 6) is 0.343. The predicted molar refractivity (Wildman–Crippen MR) is 146 cm³/mol.